The van der Waals surface area contributed by atoms with Crippen molar-refractivity contribution in [2.75, 3.05) is 6.61 Å². The van der Waals surface area contributed by atoms with E-state index in [1.807, 2.05) is 61.5 Å². The summed E-state index contributed by atoms with van der Waals surface area (Å²) >= 11 is 1.26. The Labute approximate surface area is 270 Å². The van der Waals surface area contributed by atoms with E-state index in [4.69, 9.17) is 10.5 Å². The quantitative estimate of drug-likeness (QED) is 0.164. The summed E-state index contributed by atoms with van der Waals surface area (Å²) in [5, 5.41) is 5.87. The van der Waals surface area contributed by atoms with Crippen LogP contribution in [0, 0.1) is 12.8 Å². The Morgan fingerprint density at radius 3 is 2.27 bits per heavy atom. The van der Waals surface area contributed by atoms with Gasteiger partial charge in [0.25, 0.3) is 5.24 Å². The first kappa shape index (κ1) is 35.6. The van der Waals surface area contributed by atoms with E-state index in [0.717, 1.165) is 42.4 Å². The summed E-state index contributed by atoms with van der Waals surface area (Å²) < 4.78 is 4.95. The van der Waals surface area contributed by atoms with Crippen LogP contribution in [0.4, 0.5) is 4.79 Å². The average Bonchev–Trinajstić information content (AvgIpc) is 3.52. The molecular weight excluding hydrogens is 590 g/mol. The largest absolute Gasteiger partial charge is 0.463 e. The van der Waals surface area contributed by atoms with Gasteiger partial charge in [0.2, 0.25) is 11.8 Å². The summed E-state index contributed by atoms with van der Waals surface area (Å²) in [5.41, 5.74) is 8.20. The van der Waals surface area contributed by atoms with Crippen LogP contribution < -0.4 is 16.4 Å². The summed E-state index contributed by atoms with van der Waals surface area (Å²) in [5.74, 6) is -2.54. The lowest BCUT2D eigenvalue weighted by atomic mass is 9.89. The highest BCUT2D eigenvalue weighted by Gasteiger charge is 2.30. The molecule has 2 aromatic rings. The zero-order valence-corrected chi connectivity index (χ0v) is 27.0. The van der Waals surface area contributed by atoms with Gasteiger partial charge in [-0.1, -0.05) is 90.8 Å². The fraction of sp³-hybridized carbons (Fsp3) is 0.457. The molecule has 0 bridgehead atoms. The van der Waals surface area contributed by atoms with Gasteiger partial charge in [-0.2, -0.15) is 0 Å². The van der Waals surface area contributed by atoms with E-state index >= 15 is 0 Å². The molecule has 0 radical (unpaired) electrons. The average molecular weight is 636 g/mol. The van der Waals surface area contributed by atoms with Crippen LogP contribution in [0.5, 0.6) is 0 Å². The maximum Gasteiger partial charge on any atom is 0.330 e. The van der Waals surface area contributed by atoms with Crippen LogP contribution in [-0.4, -0.2) is 52.7 Å². The monoisotopic (exact) mass is 635 g/mol. The molecule has 3 unspecified atom stereocenters. The molecule has 2 aromatic carbocycles. The first-order valence-corrected chi connectivity index (χ1v) is 16.5. The van der Waals surface area contributed by atoms with Crippen molar-refractivity contribution in [2.45, 2.75) is 89.0 Å². The molecule has 0 aromatic heterocycles. The minimum atomic E-state index is -0.809. The van der Waals surface area contributed by atoms with E-state index in [9.17, 15) is 24.0 Å². The molecule has 1 fully saturated rings. The van der Waals surface area contributed by atoms with Gasteiger partial charge in [0.05, 0.1) is 12.6 Å². The van der Waals surface area contributed by atoms with Gasteiger partial charge >= 0.3 is 5.97 Å². The number of aryl methyl sites for hydroxylation is 1. The lowest BCUT2D eigenvalue weighted by Crippen LogP contribution is -2.45. The molecule has 9 nitrogen and oxygen atoms in total. The van der Waals surface area contributed by atoms with Gasteiger partial charge in [-0.25, -0.2) is 4.79 Å². The van der Waals surface area contributed by atoms with Gasteiger partial charge in [0.15, 0.2) is 5.78 Å². The number of hydrogen-bond donors (Lipinski definition) is 3. The lowest BCUT2D eigenvalue weighted by molar-refractivity contribution is -0.137. The minimum absolute atomic E-state index is 0.0104. The smallest absolute Gasteiger partial charge is 0.330 e. The second-order valence-corrected chi connectivity index (χ2v) is 12.8. The number of nitrogens with one attached hydrogen (secondary N) is 2. The van der Waals surface area contributed by atoms with Crippen molar-refractivity contribution >= 4 is 40.6 Å². The first-order valence-electron chi connectivity index (χ1n) is 15.7. The van der Waals surface area contributed by atoms with Crippen LogP contribution in [0.1, 0.15) is 68.6 Å². The Bertz CT molecular complexity index is 1310. The number of amides is 3. The number of rotatable bonds is 17. The van der Waals surface area contributed by atoms with Crippen LogP contribution in [0.3, 0.4) is 0 Å². The molecule has 0 heterocycles. The molecule has 0 aliphatic heterocycles. The highest BCUT2D eigenvalue weighted by Crippen LogP contribution is 2.30. The number of thioether (sulfide) groups is 1. The number of Topliss-reactive ketones (excluding diaryl/α,β-unsaturated/α-hetero) is 1. The lowest BCUT2D eigenvalue weighted by Gasteiger charge is -2.24. The van der Waals surface area contributed by atoms with Gasteiger partial charge in [0, 0.05) is 36.1 Å². The van der Waals surface area contributed by atoms with Crippen LogP contribution >= 0.6 is 11.8 Å². The molecule has 1 saturated carbocycles. The molecule has 1 aliphatic rings. The zero-order chi connectivity index (χ0) is 32.6. The summed E-state index contributed by atoms with van der Waals surface area (Å²) in [6.07, 6.45) is 7.48. The van der Waals surface area contributed by atoms with Crippen molar-refractivity contribution in [2.24, 2.45) is 11.7 Å². The van der Waals surface area contributed by atoms with Gasteiger partial charge < -0.3 is 21.1 Å². The van der Waals surface area contributed by atoms with Crippen LogP contribution in [0.15, 0.2) is 66.7 Å². The molecule has 3 rings (SSSR count). The Morgan fingerprint density at radius 1 is 0.956 bits per heavy atom. The van der Waals surface area contributed by atoms with Crippen molar-refractivity contribution in [3.8, 4) is 0 Å². The fourth-order valence-electron chi connectivity index (χ4n) is 5.28. The van der Waals surface area contributed by atoms with E-state index in [1.54, 1.807) is 6.92 Å². The third-order valence-electron chi connectivity index (χ3n) is 7.74. The predicted molar refractivity (Wildman–Crippen MR) is 176 cm³/mol. The number of benzene rings is 2. The number of nitrogens with two attached hydrogens (primary N) is 1. The molecule has 3 atom stereocenters. The number of ketones is 1. The molecular formula is C35H45N3O6S. The second-order valence-electron chi connectivity index (χ2n) is 11.5. The highest BCUT2D eigenvalue weighted by atomic mass is 32.2. The van der Waals surface area contributed by atoms with Crippen LogP contribution in [-0.2, 0) is 36.8 Å². The minimum Gasteiger partial charge on any atom is -0.463 e. The molecule has 0 spiro atoms. The maximum atomic E-state index is 13.9. The molecule has 4 N–H and O–H groups in total. The maximum absolute atomic E-state index is 13.9. The second kappa shape index (κ2) is 18.8. The van der Waals surface area contributed by atoms with Crippen LogP contribution in [0.25, 0.3) is 0 Å². The molecule has 10 heteroatoms. The van der Waals surface area contributed by atoms with Crippen molar-refractivity contribution in [1.29, 1.82) is 0 Å². The van der Waals surface area contributed by atoms with Crippen molar-refractivity contribution in [1.82, 2.24) is 10.6 Å². The number of ether oxygens (including phenoxy) is 1. The zero-order valence-electron chi connectivity index (χ0n) is 26.2. The fourth-order valence-corrected chi connectivity index (χ4v) is 6.36. The summed E-state index contributed by atoms with van der Waals surface area (Å²) in [4.78, 5) is 64.2. The number of carbonyl (C=O) groups excluding carboxylic acids is 5. The van der Waals surface area contributed by atoms with E-state index in [1.165, 1.54) is 23.9 Å². The number of esters is 1. The Hall–Kier alpha value is -3.92. The highest BCUT2D eigenvalue weighted by molar-refractivity contribution is 8.14. The normalized spacial score (nSPS) is 15.2. The van der Waals surface area contributed by atoms with Crippen molar-refractivity contribution in [3.63, 3.8) is 0 Å². The van der Waals surface area contributed by atoms with Crippen LogP contribution in [0.2, 0.25) is 0 Å². The summed E-state index contributed by atoms with van der Waals surface area (Å²) in [7, 11) is 0. The van der Waals surface area contributed by atoms with Gasteiger partial charge in [-0.15, -0.1) is 0 Å². The van der Waals surface area contributed by atoms with Crippen molar-refractivity contribution < 1.29 is 28.7 Å². The first-order chi connectivity index (χ1) is 21.6. The molecule has 3 amide bonds. The standard InChI is InChI=1S/C35H45N3O6S/c1-3-44-33(41)20-18-28(17-19-32(36)40)37-34(42)27(21-26-15-13-24(2)14-16-26)23-31(39)30(22-25-9-5-4-6-10-25)38-35(43)45-29-11-7-8-12-29/h4-6,9-10,13-16,18,20,27-30H,3,7-8,11-12,17,19,21-23H2,1-2H3,(H2,36,40)(H,37,42)(H,38,43). The molecule has 45 heavy (non-hydrogen) atoms. The predicted octanol–water partition coefficient (Wildman–Crippen LogP) is 4.98. The van der Waals surface area contributed by atoms with E-state index in [-0.39, 0.29) is 48.6 Å². The van der Waals surface area contributed by atoms with E-state index < -0.39 is 35.8 Å². The number of hydrogen-bond acceptors (Lipinski definition) is 7. The number of primary amides is 1. The molecule has 242 valence electrons. The number of carbonyl (C=O) groups is 5. The van der Waals surface area contributed by atoms with E-state index in [2.05, 4.69) is 10.6 Å². The van der Waals surface area contributed by atoms with E-state index in [0.29, 0.717) is 6.42 Å². The Morgan fingerprint density at radius 2 is 1.62 bits per heavy atom. The Balaban J connectivity index is 1.82. The van der Waals surface area contributed by atoms with Gasteiger partial charge in [-0.3, -0.25) is 19.2 Å². The summed E-state index contributed by atoms with van der Waals surface area (Å²) in [6.45, 7) is 3.85. The third-order valence-corrected chi connectivity index (χ3v) is 8.88. The third kappa shape index (κ3) is 13.3. The summed E-state index contributed by atoms with van der Waals surface area (Å²) in [6, 6.07) is 15.7. The SMILES string of the molecule is CCOC(=O)C=CC(CCC(N)=O)NC(=O)C(CC(=O)C(Cc1ccccc1)NC(=O)SC1CCCC1)Cc1ccc(C)cc1. The topological polar surface area (TPSA) is 145 Å². The van der Waals surface area contributed by atoms with Crippen molar-refractivity contribution in [3.05, 3.63) is 83.4 Å². The molecule has 1 aliphatic carbocycles. The van der Waals surface area contributed by atoms with Gasteiger partial charge in [-0.05, 0) is 57.1 Å². The Kier molecular flexibility index (Phi) is 14.8. The molecule has 0 saturated heterocycles. The van der Waals surface area contributed by atoms with Gasteiger partial charge in [0.1, 0.15) is 0 Å².